The van der Waals surface area contributed by atoms with Crippen LogP contribution in [0.3, 0.4) is 0 Å². The van der Waals surface area contributed by atoms with Crippen LogP contribution in [0.2, 0.25) is 0 Å². The fourth-order valence-electron chi connectivity index (χ4n) is 2.94. The summed E-state index contributed by atoms with van der Waals surface area (Å²) in [5.74, 6) is -0.0435. The van der Waals surface area contributed by atoms with E-state index in [-0.39, 0.29) is 29.1 Å². The molecule has 1 unspecified atom stereocenters. The van der Waals surface area contributed by atoms with Crippen molar-refractivity contribution in [2.75, 3.05) is 11.9 Å². The van der Waals surface area contributed by atoms with Crippen molar-refractivity contribution in [2.45, 2.75) is 32.2 Å². The lowest BCUT2D eigenvalue weighted by Crippen LogP contribution is -2.16. The van der Waals surface area contributed by atoms with Gasteiger partial charge in [0.1, 0.15) is 12.1 Å². The second kappa shape index (κ2) is 10.2. The van der Waals surface area contributed by atoms with Gasteiger partial charge in [-0.2, -0.15) is 0 Å². The average molecular weight is 426 g/mol. The number of hydrogen-bond acceptors (Lipinski definition) is 8. The molecule has 31 heavy (non-hydrogen) atoms. The summed E-state index contributed by atoms with van der Waals surface area (Å²) in [6, 6.07) is 9.87. The molecule has 0 bridgehead atoms. The fourth-order valence-corrected chi connectivity index (χ4v) is 2.94. The number of aromatic nitrogens is 2. The van der Waals surface area contributed by atoms with Crippen molar-refractivity contribution in [2.24, 2.45) is 0 Å². The van der Waals surface area contributed by atoms with E-state index in [9.17, 15) is 14.9 Å². The van der Waals surface area contributed by atoms with Gasteiger partial charge >= 0.3 is 11.7 Å². The standard InChI is InChI=1S/C21H22N4O6/c1-14(6-4-5-11-30-18-8-3-2-7-17(18)25(28)29)23-19-12-15(9-10-22-19)20-24-16(13-31-20)21(26)27/h2-3,7-10,12-14H,4-6,11H2,1H3,(H,22,23)(H,26,27). The molecule has 2 heterocycles. The van der Waals surface area contributed by atoms with E-state index in [1.165, 1.54) is 6.07 Å². The van der Waals surface area contributed by atoms with Gasteiger partial charge in [0, 0.05) is 23.9 Å². The van der Waals surface area contributed by atoms with E-state index in [0.717, 1.165) is 25.5 Å². The third kappa shape index (κ3) is 6.01. The maximum atomic E-state index is 11.0. The number of unbranched alkanes of at least 4 members (excludes halogenated alkanes) is 1. The lowest BCUT2D eigenvalue weighted by molar-refractivity contribution is -0.385. The van der Waals surface area contributed by atoms with Crippen LogP contribution in [-0.2, 0) is 0 Å². The average Bonchev–Trinajstić information content (AvgIpc) is 3.25. The molecule has 162 valence electrons. The molecule has 2 aromatic heterocycles. The number of pyridine rings is 1. The maximum Gasteiger partial charge on any atom is 0.357 e. The van der Waals surface area contributed by atoms with Gasteiger partial charge in [-0.3, -0.25) is 10.1 Å². The van der Waals surface area contributed by atoms with Gasteiger partial charge in [0.2, 0.25) is 5.89 Å². The summed E-state index contributed by atoms with van der Waals surface area (Å²) in [6.45, 7) is 2.41. The fraction of sp³-hybridized carbons (Fsp3) is 0.286. The van der Waals surface area contributed by atoms with Crippen molar-refractivity contribution in [3.8, 4) is 17.2 Å². The van der Waals surface area contributed by atoms with Crippen LogP contribution in [0.5, 0.6) is 5.75 Å². The van der Waals surface area contributed by atoms with Crippen molar-refractivity contribution in [1.82, 2.24) is 9.97 Å². The largest absolute Gasteiger partial charge is 0.487 e. The molecule has 10 nitrogen and oxygen atoms in total. The first kappa shape index (κ1) is 21.8. The highest BCUT2D eigenvalue weighted by Gasteiger charge is 2.14. The van der Waals surface area contributed by atoms with Gasteiger partial charge in [0.25, 0.3) is 0 Å². The molecule has 0 spiro atoms. The Balaban J connectivity index is 1.45. The summed E-state index contributed by atoms with van der Waals surface area (Å²) in [5, 5.41) is 23.2. The van der Waals surface area contributed by atoms with E-state index >= 15 is 0 Å². The Labute approximate surface area is 178 Å². The highest BCUT2D eigenvalue weighted by molar-refractivity contribution is 5.85. The number of nitrogens with one attached hydrogen (secondary N) is 1. The minimum atomic E-state index is -1.15. The zero-order valence-electron chi connectivity index (χ0n) is 16.9. The molecule has 0 saturated carbocycles. The summed E-state index contributed by atoms with van der Waals surface area (Å²) in [7, 11) is 0. The molecule has 0 amide bonds. The number of nitro benzene ring substituents is 1. The summed E-state index contributed by atoms with van der Waals surface area (Å²) >= 11 is 0. The van der Waals surface area contributed by atoms with Gasteiger partial charge in [-0.15, -0.1) is 0 Å². The molecule has 1 aromatic carbocycles. The van der Waals surface area contributed by atoms with E-state index in [1.807, 2.05) is 6.92 Å². The monoisotopic (exact) mass is 426 g/mol. The quantitative estimate of drug-likeness (QED) is 0.259. The van der Waals surface area contributed by atoms with Gasteiger partial charge in [-0.25, -0.2) is 14.8 Å². The smallest absolute Gasteiger partial charge is 0.357 e. The first-order chi connectivity index (χ1) is 14.9. The number of carbonyl (C=O) groups is 1. The highest BCUT2D eigenvalue weighted by Crippen LogP contribution is 2.26. The molecular formula is C21H22N4O6. The van der Waals surface area contributed by atoms with Crippen LogP contribution in [0.1, 0.15) is 36.7 Å². The number of carboxylic acid groups (broad SMARTS) is 1. The summed E-state index contributed by atoms with van der Waals surface area (Å²) < 4.78 is 10.8. The molecule has 0 aliphatic heterocycles. The van der Waals surface area contributed by atoms with Crippen LogP contribution >= 0.6 is 0 Å². The van der Waals surface area contributed by atoms with Crippen molar-refractivity contribution in [1.29, 1.82) is 0 Å². The van der Waals surface area contributed by atoms with E-state index in [0.29, 0.717) is 18.0 Å². The number of rotatable bonds is 11. The minimum Gasteiger partial charge on any atom is -0.487 e. The molecule has 1 atom stereocenters. The number of oxazole rings is 1. The Morgan fingerprint density at radius 2 is 2.13 bits per heavy atom. The maximum absolute atomic E-state index is 11.0. The number of para-hydroxylation sites is 2. The van der Waals surface area contributed by atoms with Crippen molar-refractivity contribution < 1.29 is 24.0 Å². The SMILES string of the molecule is CC(CCCCOc1ccccc1[N+](=O)[O-])Nc1cc(-c2nc(C(=O)O)co2)ccn1. The highest BCUT2D eigenvalue weighted by atomic mass is 16.6. The predicted octanol–water partition coefficient (Wildman–Crippen LogP) is 4.39. The molecule has 0 radical (unpaired) electrons. The molecule has 0 aliphatic rings. The van der Waals surface area contributed by atoms with E-state index in [1.54, 1.807) is 36.5 Å². The molecule has 3 aromatic rings. The minimum absolute atomic E-state index is 0.0370. The Hall–Kier alpha value is -3.95. The Bertz CT molecular complexity index is 1050. The Morgan fingerprint density at radius 1 is 1.32 bits per heavy atom. The number of anilines is 1. The molecule has 3 rings (SSSR count). The number of carboxylic acids is 1. The topological polar surface area (TPSA) is 141 Å². The summed E-state index contributed by atoms with van der Waals surface area (Å²) in [5.41, 5.74) is 0.429. The van der Waals surface area contributed by atoms with Crippen LogP contribution in [0, 0.1) is 10.1 Å². The van der Waals surface area contributed by atoms with Crippen LogP contribution < -0.4 is 10.1 Å². The first-order valence-corrected chi connectivity index (χ1v) is 9.72. The van der Waals surface area contributed by atoms with Gasteiger partial charge in [-0.05, 0) is 44.4 Å². The van der Waals surface area contributed by atoms with Crippen molar-refractivity contribution >= 4 is 17.5 Å². The number of nitro groups is 1. The number of benzene rings is 1. The summed E-state index contributed by atoms with van der Waals surface area (Å²) in [4.78, 5) is 29.7. The number of nitrogens with zero attached hydrogens (tertiary/aromatic N) is 3. The summed E-state index contributed by atoms with van der Waals surface area (Å²) in [6.07, 6.45) is 5.14. The second-order valence-electron chi connectivity index (χ2n) is 6.89. The van der Waals surface area contributed by atoms with Crippen LogP contribution in [0.25, 0.3) is 11.5 Å². The molecule has 0 fully saturated rings. The zero-order chi connectivity index (χ0) is 22.2. The van der Waals surface area contributed by atoms with Crippen LogP contribution in [0.15, 0.2) is 53.3 Å². The number of hydrogen-bond donors (Lipinski definition) is 2. The third-order valence-corrected chi connectivity index (χ3v) is 4.48. The number of ether oxygens (including phenoxy) is 1. The molecule has 0 aliphatic carbocycles. The lowest BCUT2D eigenvalue weighted by Gasteiger charge is -2.15. The second-order valence-corrected chi connectivity index (χ2v) is 6.89. The molecule has 0 saturated heterocycles. The van der Waals surface area contributed by atoms with Crippen LogP contribution in [0.4, 0.5) is 11.5 Å². The van der Waals surface area contributed by atoms with Crippen LogP contribution in [-0.4, -0.2) is 38.6 Å². The van der Waals surface area contributed by atoms with Gasteiger partial charge < -0.3 is 19.6 Å². The van der Waals surface area contributed by atoms with Gasteiger partial charge in [0.15, 0.2) is 11.4 Å². The number of aromatic carboxylic acids is 1. The zero-order valence-corrected chi connectivity index (χ0v) is 16.9. The van der Waals surface area contributed by atoms with Crippen molar-refractivity contribution in [3.63, 3.8) is 0 Å². The molecule has 2 N–H and O–H groups in total. The predicted molar refractivity (Wildman–Crippen MR) is 112 cm³/mol. The van der Waals surface area contributed by atoms with E-state index in [2.05, 4.69) is 15.3 Å². The van der Waals surface area contributed by atoms with E-state index in [4.69, 9.17) is 14.3 Å². The lowest BCUT2D eigenvalue weighted by atomic mass is 10.1. The first-order valence-electron chi connectivity index (χ1n) is 9.72. The van der Waals surface area contributed by atoms with Gasteiger partial charge in [-0.1, -0.05) is 12.1 Å². The van der Waals surface area contributed by atoms with E-state index < -0.39 is 10.9 Å². The molecular weight excluding hydrogens is 404 g/mol. The third-order valence-electron chi connectivity index (χ3n) is 4.48. The van der Waals surface area contributed by atoms with Gasteiger partial charge in [0.05, 0.1) is 11.5 Å². The normalized spacial score (nSPS) is 11.6. The van der Waals surface area contributed by atoms with Crippen molar-refractivity contribution in [3.05, 3.63) is 64.7 Å². The Kier molecular flexibility index (Phi) is 7.15. The Morgan fingerprint density at radius 3 is 2.87 bits per heavy atom. The molecule has 10 heteroatoms.